The molecule has 1 aliphatic heterocycles. The molecular formula is C13H25N5O2S. The molecule has 1 aromatic heterocycles. The summed E-state index contributed by atoms with van der Waals surface area (Å²) in [4.78, 5) is 9.23. The Morgan fingerprint density at radius 1 is 1.33 bits per heavy atom. The molecule has 0 aromatic carbocycles. The summed E-state index contributed by atoms with van der Waals surface area (Å²) in [6, 6.07) is 0.341. The standard InChI is InChI=1S/C13H25N5O2S/c1-3-11(9-14)17-5-7-18(8-6-17)21(19,20)13-10-15-12(4-2)16-13/h10-11H,3-9,14H2,1-2H3,(H,15,16). The van der Waals surface area contributed by atoms with E-state index >= 15 is 0 Å². The van der Waals surface area contributed by atoms with E-state index in [2.05, 4.69) is 21.8 Å². The van der Waals surface area contributed by atoms with Crippen molar-refractivity contribution >= 4 is 10.0 Å². The van der Waals surface area contributed by atoms with E-state index in [0.29, 0.717) is 37.9 Å². The monoisotopic (exact) mass is 315 g/mol. The van der Waals surface area contributed by atoms with Crippen LogP contribution in [-0.4, -0.2) is 66.4 Å². The first-order valence-electron chi connectivity index (χ1n) is 7.51. The van der Waals surface area contributed by atoms with Crippen LogP contribution < -0.4 is 5.73 Å². The fraction of sp³-hybridized carbons (Fsp3) is 0.769. The first-order chi connectivity index (χ1) is 10.0. The molecule has 0 radical (unpaired) electrons. The predicted octanol–water partition coefficient (Wildman–Crippen LogP) is 0.0157. The van der Waals surface area contributed by atoms with Crippen LogP contribution in [0.4, 0.5) is 0 Å². The number of nitrogens with two attached hydrogens (primary N) is 1. The van der Waals surface area contributed by atoms with Crippen LogP contribution in [0.3, 0.4) is 0 Å². The maximum atomic E-state index is 12.5. The molecule has 7 nitrogen and oxygen atoms in total. The van der Waals surface area contributed by atoms with Crippen LogP contribution in [0.5, 0.6) is 0 Å². The number of imidazole rings is 1. The Morgan fingerprint density at radius 2 is 2.00 bits per heavy atom. The highest BCUT2D eigenvalue weighted by molar-refractivity contribution is 7.89. The number of aryl methyl sites for hydroxylation is 1. The second kappa shape index (κ2) is 6.87. The Hall–Kier alpha value is -0.960. The highest BCUT2D eigenvalue weighted by atomic mass is 32.2. The summed E-state index contributed by atoms with van der Waals surface area (Å²) in [6.07, 6.45) is 3.09. The highest BCUT2D eigenvalue weighted by Gasteiger charge is 2.31. The Labute approximate surface area is 126 Å². The molecule has 0 saturated carbocycles. The zero-order chi connectivity index (χ0) is 15.5. The Bertz CT molecular complexity index is 545. The lowest BCUT2D eigenvalue weighted by Crippen LogP contribution is -2.53. The quantitative estimate of drug-likeness (QED) is 0.771. The van der Waals surface area contributed by atoms with E-state index in [-0.39, 0.29) is 5.03 Å². The van der Waals surface area contributed by atoms with E-state index in [9.17, 15) is 8.42 Å². The lowest BCUT2D eigenvalue weighted by Gasteiger charge is -2.37. The molecule has 0 spiro atoms. The third kappa shape index (κ3) is 3.45. The van der Waals surface area contributed by atoms with Crippen molar-refractivity contribution in [3.8, 4) is 0 Å². The first kappa shape index (κ1) is 16.4. The van der Waals surface area contributed by atoms with Crippen LogP contribution in [0.2, 0.25) is 0 Å². The molecule has 2 rings (SSSR count). The molecule has 21 heavy (non-hydrogen) atoms. The van der Waals surface area contributed by atoms with Crippen molar-refractivity contribution in [2.75, 3.05) is 32.7 Å². The number of aromatic amines is 1. The SMILES string of the molecule is CCc1ncc(S(=O)(=O)N2CCN(C(CC)CN)CC2)[nH]1. The minimum absolute atomic E-state index is 0.193. The van der Waals surface area contributed by atoms with Gasteiger partial charge in [0.25, 0.3) is 10.0 Å². The lowest BCUT2D eigenvalue weighted by atomic mass is 10.1. The van der Waals surface area contributed by atoms with Gasteiger partial charge in [0.15, 0.2) is 5.03 Å². The van der Waals surface area contributed by atoms with Gasteiger partial charge in [-0.25, -0.2) is 13.4 Å². The number of hydrogen-bond acceptors (Lipinski definition) is 5. The molecule has 1 saturated heterocycles. The number of piperazine rings is 1. The maximum absolute atomic E-state index is 12.5. The van der Waals surface area contributed by atoms with Gasteiger partial charge in [0.1, 0.15) is 5.82 Å². The van der Waals surface area contributed by atoms with Crippen molar-refractivity contribution in [1.82, 2.24) is 19.2 Å². The van der Waals surface area contributed by atoms with Crippen LogP contribution in [0.1, 0.15) is 26.1 Å². The molecule has 1 fully saturated rings. The molecule has 1 unspecified atom stereocenters. The molecule has 1 aromatic rings. The van der Waals surface area contributed by atoms with Gasteiger partial charge in [-0.1, -0.05) is 13.8 Å². The number of nitrogens with one attached hydrogen (secondary N) is 1. The number of sulfonamides is 1. The zero-order valence-electron chi connectivity index (χ0n) is 12.7. The summed E-state index contributed by atoms with van der Waals surface area (Å²) in [5, 5.41) is 0.193. The summed E-state index contributed by atoms with van der Waals surface area (Å²) in [5.74, 6) is 0.696. The third-order valence-electron chi connectivity index (χ3n) is 4.09. The Balaban J connectivity index is 2.04. The van der Waals surface area contributed by atoms with Crippen molar-refractivity contribution in [2.45, 2.75) is 37.8 Å². The van der Waals surface area contributed by atoms with Crippen molar-refractivity contribution in [1.29, 1.82) is 0 Å². The second-order valence-corrected chi connectivity index (χ2v) is 7.19. The van der Waals surface area contributed by atoms with Gasteiger partial charge in [-0.15, -0.1) is 0 Å². The van der Waals surface area contributed by atoms with Crippen molar-refractivity contribution in [3.63, 3.8) is 0 Å². The van der Waals surface area contributed by atoms with Gasteiger partial charge >= 0.3 is 0 Å². The largest absolute Gasteiger partial charge is 0.332 e. The predicted molar refractivity (Wildman–Crippen MR) is 81.4 cm³/mol. The highest BCUT2D eigenvalue weighted by Crippen LogP contribution is 2.17. The Kier molecular flexibility index (Phi) is 5.37. The lowest BCUT2D eigenvalue weighted by molar-refractivity contribution is 0.137. The average molecular weight is 315 g/mol. The topological polar surface area (TPSA) is 95.3 Å². The number of hydrogen-bond donors (Lipinski definition) is 2. The zero-order valence-corrected chi connectivity index (χ0v) is 13.6. The molecule has 120 valence electrons. The molecule has 2 heterocycles. The van der Waals surface area contributed by atoms with E-state index in [1.54, 1.807) is 0 Å². The second-order valence-electron chi connectivity index (χ2n) is 5.29. The number of aromatic nitrogens is 2. The molecule has 0 amide bonds. The van der Waals surface area contributed by atoms with Gasteiger partial charge in [0, 0.05) is 45.2 Å². The minimum atomic E-state index is -3.46. The van der Waals surface area contributed by atoms with E-state index in [1.807, 2.05) is 6.92 Å². The first-order valence-corrected chi connectivity index (χ1v) is 8.95. The van der Waals surface area contributed by atoms with Gasteiger partial charge in [-0.2, -0.15) is 4.31 Å². The van der Waals surface area contributed by atoms with Crippen LogP contribution in [0.15, 0.2) is 11.2 Å². The van der Waals surface area contributed by atoms with Crippen molar-refractivity contribution in [3.05, 3.63) is 12.0 Å². The molecule has 0 bridgehead atoms. The molecule has 0 aliphatic carbocycles. The van der Waals surface area contributed by atoms with Gasteiger partial charge in [0.05, 0.1) is 6.20 Å². The fourth-order valence-corrected chi connectivity index (χ4v) is 4.03. The summed E-state index contributed by atoms with van der Waals surface area (Å²) in [7, 11) is -3.46. The summed E-state index contributed by atoms with van der Waals surface area (Å²) < 4.78 is 26.6. The van der Waals surface area contributed by atoms with Crippen LogP contribution in [-0.2, 0) is 16.4 Å². The van der Waals surface area contributed by atoms with Crippen molar-refractivity contribution < 1.29 is 8.42 Å². The molecule has 3 N–H and O–H groups in total. The number of nitrogens with zero attached hydrogens (tertiary/aromatic N) is 3. The normalized spacial score (nSPS) is 19.8. The van der Waals surface area contributed by atoms with E-state index in [0.717, 1.165) is 19.5 Å². The minimum Gasteiger partial charge on any atom is -0.332 e. The molecular weight excluding hydrogens is 290 g/mol. The van der Waals surface area contributed by atoms with Crippen LogP contribution >= 0.6 is 0 Å². The van der Waals surface area contributed by atoms with Crippen molar-refractivity contribution in [2.24, 2.45) is 5.73 Å². The van der Waals surface area contributed by atoms with Gasteiger partial charge in [-0.3, -0.25) is 4.90 Å². The smallest absolute Gasteiger partial charge is 0.260 e. The van der Waals surface area contributed by atoms with Gasteiger partial charge < -0.3 is 10.7 Å². The number of H-pyrrole nitrogens is 1. The summed E-state index contributed by atoms with van der Waals surface area (Å²) in [5.41, 5.74) is 5.76. The van der Waals surface area contributed by atoms with E-state index in [1.165, 1.54) is 10.5 Å². The average Bonchev–Trinajstić information content (AvgIpc) is 2.99. The van der Waals surface area contributed by atoms with Gasteiger partial charge in [0.2, 0.25) is 0 Å². The molecule has 1 aliphatic rings. The summed E-state index contributed by atoms with van der Waals surface area (Å²) >= 11 is 0. The summed E-state index contributed by atoms with van der Waals surface area (Å²) in [6.45, 7) is 7.11. The fourth-order valence-electron chi connectivity index (χ4n) is 2.68. The van der Waals surface area contributed by atoms with Gasteiger partial charge in [-0.05, 0) is 6.42 Å². The number of rotatable bonds is 6. The van der Waals surface area contributed by atoms with Crippen LogP contribution in [0.25, 0.3) is 0 Å². The third-order valence-corrected chi connectivity index (χ3v) is 5.90. The molecule has 8 heteroatoms. The van der Waals surface area contributed by atoms with Crippen LogP contribution in [0, 0.1) is 0 Å². The Morgan fingerprint density at radius 3 is 2.48 bits per heavy atom. The maximum Gasteiger partial charge on any atom is 0.260 e. The van der Waals surface area contributed by atoms with E-state index in [4.69, 9.17) is 5.73 Å². The molecule has 1 atom stereocenters. The van der Waals surface area contributed by atoms with E-state index < -0.39 is 10.0 Å².